The lowest BCUT2D eigenvalue weighted by molar-refractivity contribution is 0.219. The molecular weight excluding hydrogens is 148 g/mol. The molecule has 0 unspecified atom stereocenters. The average molecular weight is 164 g/mol. The highest BCUT2D eigenvalue weighted by Crippen LogP contribution is 2.03. The maximum absolute atomic E-state index is 5.78. The zero-order chi connectivity index (χ0) is 8.97. The number of hydrogen-bond donors (Lipinski definition) is 1. The summed E-state index contributed by atoms with van der Waals surface area (Å²) in [5.41, 5.74) is 1.26. The minimum atomic E-state index is 0.394. The highest BCUT2D eigenvalue weighted by molar-refractivity contribution is 5.14. The van der Waals surface area contributed by atoms with Gasteiger partial charge in [0.15, 0.2) is 0 Å². The van der Waals surface area contributed by atoms with Crippen LogP contribution in [0.4, 0.5) is 0 Å². The molecule has 2 nitrogen and oxygen atoms in total. The van der Waals surface area contributed by atoms with Gasteiger partial charge in [0.25, 0.3) is 0 Å². The van der Waals surface area contributed by atoms with E-state index in [-0.39, 0.29) is 0 Å². The maximum atomic E-state index is 5.78. The van der Waals surface area contributed by atoms with Crippen molar-refractivity contribution in [2.45, 2.75) is 26.4 Å². The first kappa shape index (κ1) is 9.23. The number of hydrazine groups is 1. The van der Waals surface area contributed by atoms with Gasteiger partial charge in [-0.05, 0) is 19.4 Å². The van der Waals surface area contributed by atoms with Crippen molar-refractivity contribution in [2.24, 2.45) is 5.84 Å². The standard InChI is InChI=1S/C10H16N2/c1-9(2)12(11)8-10-6-4-3-5-7-10/h3-7,9H,8,11H2,1-2H3. The molecule has 12 heavy (non-hydrogen) atoms. The van der Waals surface area contributed by atoms with Crippen LogP contribution < -0.4 is 5.84 Å². The van der Waals surface area contributed by atoms with Gasteiger partial charge in [-0.1, -0.05) is 30.3 Å². The molecule has 66 valence electrons. The van der Waals surface area contributed by atoms with E-state index in [1.807, 2.05) is 23.2 Å². The summed E-state index contributed by atoms with van der Waals surface area (Å²) in [6.45, 7) is 4.99. The lowest BCUT2D eigenvalue weighted by atomic mass is 10.2. The second-order valence-electron chi connectivity index (χ2n) is 3.25. The fourth-order valence-corrected chi connectivity index (χ4v) is 0.977. The Hall–Kier alpha value is -0.860. The van der Waals surface area contributed by atoms with Crippen molar-refractivity contribution in [3.63, 3.8) is 0 Å². The number of nitrogens with two attached hydrogens (primary N) is 1. The van der Waals surface area contributed by atoms with Gasteiger partial charge in [-0.15, -0.1) is 0 Å². The van der Waals surface area contributed by atoms with Crippen molar-refractivity contribution in [1.82, 2.24) is 5.01 Å². The summed E-state index contributed by atoms with van der Waals surface area (Å²) in [5, 5.41) is 1.83. The third-order valence-corrected chi connectivity index (χ3v) is 1.87. The minimum Gasteiger partial charge on any atom is -0.268 e. The normalized spacial score (nSPS) is 11.1. The van der Waals surface area contributed by atoms with Crippen LogP contribution in [0.5, 0.6) is 0 Å². The van der Waals surface area contributed by atoms with E-state index in [2.05, 4.69) is 26.0 Å². The van der Waals surface area contributed by atoms with Crippen LogP contribution in [-0.2, 0) is 6.54 Å². The molecule has 2 N–H and O–H groups in total. The Bertz CT molecular complexity index is 219. The van der Waals surface area contributed by atoms with Gasteiger partial charge in [-0.2, -0.15) is 0 Å². The van der Waals surface area contributed by atoms with E-state index in [9.17, 15) is 0 Å². The first-order valence-electron chi connectivity index (χ1n) is 4.25. The first-order chi connectivity index (χ1) is 5.70. The lowest BCUT2D eigenvalue weighted by Gasteiger charge is -2.20. The van der Waals surface area contributed by atoms with Crippen molar-refractivity contribution in [1.29, 1.82) is 0 Å². The molecule has 0 bridgehead atoms. The highest BCUT2D eigenvalue weighted by atomic mass is 15.4. The van der Waals surface area contributed by atoms with Crippen molar-refractivity contribution in [3.8, 4) is 0 Å². The Morgan fingerprint density at radius 1 is 1.25 bits per heavy atom. The van der Waals surface area contributed by atoms with E-state index in [0.29, 0.717) is 6.04 Å². The van der Waals surface area contributed by atoms with Gasteiger partial charge in [0.05, 0.1) is 0 Å². The number of benzene rings is 1. The van der Waals surface area contributed by atoms with Gasteiger partial charge in [0, 0.05) is 12.6 Å². The van der Waals surface area contributed by atoms with E-state index < -0.39 is 0 Å². The Kier molecular flexibility index (Phi) is 3.26. The third kappa shape index (κ3) is 2.64. The number of rotatable bonds is 3. The molecule has 1 aromatic rings. The average Bonchev–Trinajstić information content (AvgIpc) is 2.06. The van der Waals surface area contributed by atoms with Crippen LogP contribution >= 0.6 is 0 Å². The van der Waals surface area contributed by atoms with E-state index in [0.717, 1.165) is 6.54 Å². The monoisotopic (exact) mass is 164 g/mol. The molecule has 0 saturated carbocycles. The fourth-order valence-electron chi connectivity index (χ4n) is 0.977. The van der Waals surface area contributed by atoms with Crippen LogP contribution in [0.1, 0.15) is 19.4 Å². The quantitative estimate of drug-likeness (QED) is 0.545. The molecule has 0 aliphatic rings. The molecule has 0 spiro atoms. The summed E-state index contributed by atoms with van der Waals surface area (Å²) in [6, 6.07) is 10.6. The summed E-state index contributed by atoms with van der Waals surface area (Å²) < 4.78 is 0. The van der Waals surface area contributed by atoms with E-state index >= 15 is 0 Å². The molecule has 1 aromatic carbocycles. The largest absolute Gasteiger partial charge is 0.268 e. The summed E-state index contributed by atoms with van der Waals surface area (Å²) in [7, 11) is 0. The van der Waals surface area contributed by atoms with Crippen LogP contribution in [-0.4, -0.2) is 11.1 Å². The molecule has 1 rings (SSSR count). The molecule has 0 aromatic heterocycles. The molecule has 0 aliphatic heterocycles. The molecule has 0 radical (unpaired) electrons. The van der Waals surface area contributed by atoms with Crippen molar-refractivity contribution in [3.05, 3.63) is 35.9 Å². The molecule has 0 amide bonds. The van der Waals surface area contributed by atoms with Crippen LogP contribution in [0.2, 0.25) is 0 Å². The highest BCUT2D eigenvalue weighted by Gasteiger charge is 2.03. The van der Waals surface area contributed by atoms with Crippen LogP contribution in [0, 0.1) is 0 Å². The zero-order valence-electron chi connectivity index (χ0n) is 7.70. The van der Waals surface area contributed by atoms with E-state index in [1.54, 1.807) is 0 Å². The second-order valence-corrected chi connectivity index (χ2v) is 3.25. The van der Waals surface area contributed by atoms with Gasteiger partial charge in [0.2, 0.25) is 0 Å². The Morgan fingerprint density at radius 2 is 1.83 bits per heavy atom. The molecule has 0 fully saturated rings. The molecular formula is C10H16N2. The Labute approximate surface area is 74.0 Å². The molecule has 0 heterocycles. The summed E-state index contributed by atoms with van der Waals surface area (Å²) in [5.74, 6) is 5.78. The van der Waals surface area contributed by atoms with Crippen molar-refractivity contribution >= 4 is 0 Å². The number of nitrogens with zero attached hydrogens (tertiary/aromatic N) is 1. The van der Waals surface area contributed by atoms with Gasteiger partial charge in [-0.3, -0.25) is 5.84 Å². The number of hydrogen-bond acceptors (Lipinski definition) is 2. The fraction of sp³-hybridized carbons (Fsp3) is 0.400. The smallest absolute Gasteiger partial charge is 0.0382 e. The summed E-state index contributed by atoms with van der Waals surface area (Å²) >= 11 is 0. The molecule has 0 saturated heterocycles. The van der Waals surface area contributed by atoms with Crippen LogP contribution in [0.3, 0.4) is 0 Å². The second kappa shape index (κ2) is 4.24. The topological polar surface area (TPSA) is 29.3 Å². The molecule has 0 atom stereocenters. The predicted octanol–water partition coefficient (Wildman–Crippen LogP) is 1.77. The van der Waals surface area contributed by atoms with E-state index in [1.165, 1.54) is 5.56 Å². The minimum absolute atomic E-state index is 0.394. The van der Waals surface area contributed by atoms with Gasteiger partial charge in [-0.25, -0.2) is 5.01 Å². The van der Waals surface area contributed by atoms with E-state index in [4.69, 9.17) is 5.84 Å². The Morgan fingerprint density at radius 3 is 2.33 bits per heavy atom. The third-order valence-electron chi connectivity index (χ3n) is 1.87. The summed E-state index contributed by atoms with van der Waals surface area (Å²) in [4.78, 5) is 0. The van der Waals surface area contributed by atoms with Gasteiger partial charge >= 0.3 is 0 Å². The predicted molar refractivity (Wildman–Crippen MR) is 51.3 cm³/mol. The first-order valence-corrected chi connectivity index (χ1v) is 4.25. The van der Waals surface area contributed by atoms with Crippen molar-refractivity contribution in [2.75, 3.05) is 0 Å². The van der Waals surface area contributed by atoms with Crippen LogP contribution in [0.25, 0.3) is 0 Å². The van der Waals surface area contributed by atoms with Gasteiger partial charge < -0.3 is 0 Å². The van der Waals surface area contributed by atoms with Gasteiger partial charge in [0.1, 0.15) is 0 Å². The SMILES string of the molecule is CC(C)N(N)Cc1ccccc1. The summed E-state index contributed by atoms with van der Waals surface area (Å²) in [6.07, 6.45) is 0. The maximum Gasteiger partial charge on any atom is 0.0382 e. The zero-order valence-corrected chi connectivity index (χ0v) is 7.70. The lowest BCUT2D eigenvalue weighted by Crippen LogP contribution is -2.36. The molecule has 2 heteroatoms. The van der Waals surface area contributed by atoms with Crippen molar-refractivity contribution < 1.29 is 0 Å². The van der Waals surface area contributed by atoms with Crippen LogP contribution in [0.15, 0.2) is 30.3 Å². The molecule has 0 aliphatic carbocycles. The Balaban J connectivity index is 2.53.